The van der Waals surface area contributed by atoms with E-state index in [-0.39, 0.29) is 24.1 Å². The summed E-state index contributed by atoms with van der Waals surface area (Å²) in [5.74, 6) is 0.102. The molecule has 1 aromatic rings. The summed E-state index contributed by atoms with van der Waals surface area (Å²) in [6.45, 7) is 2.47. The molecule has 0 saturated carbocycles. The zero-order valence-corrected chi connectivity index (χ0v) is 9.44. The Labute approximate surface area is 95.5 Å². The zero-order valence-electron chi connectivity index (χ0n) is 9.44. The molecule has 0 aromatic heterocycles. The number of aromatic hydroxyl groups is 1. The van der Waals surface area contributed by atoms with Gasteiger partial charge in [0.05, 0.1) is 6.42 Å². The third kappa shape index (κ3) is 4.31. The van der Waals surface area contributed by atoms with Gasteiger partial charge in [-0.2, -0.15) is 0 Å². The van der Waals surface area contributed by atoms with E-state index in [9.17, 15) is 9.90 Å². The average molecular weight is 222 g/mol. The highest BCUT2D eigenvalue weighted by atomic mass is 16.3. The monoisotopic (exact) mass is 222 g/mol. The lowest BCUT2D eigenvalue weighted by atomic mass is 10.1. The van der Waals surface area contributed by atoms with Crippen molar-refractivity contribution in [3.8, 4) is 5.75 Å². The van der Waals surface area contributed by atoms with Crippen molar-refractivity contribution in [3.05, 3.63) is 29.8 Å². The van der Waals surface area contributed by atoms with E-state index in [2.05, 4.69) is 5.32 Å². The maximum atomic E-state index is 11.5. The number of carbonyl (C=O) groups excluding carboxylic acids is 1. The second-order valence-corrected chi connectivity index (χ2v) is 3.82. The lowest BCUT2D eigenvalue weighted by molar-refractivity contribution is -0.120. The minimum absolute atomic E-state index is 0.00752. The Bertz CT molecular complexity index is 353. The molecule has 4 N–H and O–H groups in total. The lowest BCUT2D eigenvalue weighted by Crippen LogP contribution is -2.37. The van der Waals surface area contributed by atoms with Gasteiger partial charge in [-0.1, -0.05) is 19.1 Å². The van der Waals surface area contributed by atoms with Gasteiger partial charge in [-0.25, -0.2) is 0 Å². The molecule has 1 amide bonds. The number of phenols is 1. The number of carbonyl (C=O) groups is 1. The van der Waals surface area contributed by atoms with Crippen molar-refractivity contribution in [2.45, 2.75) is 25.8 Å². The van der Waals surface area contributed by atoms with Crippen LogP contribution in [0.4, 0.5) is 0 Å². The number of amides is 1. The molecule has 4 heteroatoms. The minimum atomic E-state index is -0.0745. The van der Waals surface area contributed by atoms with Gasteiger partial charge >= 0.3 is 0 Å². The molecule has 0 radical (unpaired) electrons. The Morgan fingerprint density at radius 3 is 2.94 bits per heavy atom. The van der Waals surface area contributed by atoms with Gasteiger partial charge < -0.3 is 16.2 Å². The van der Waals surface area contributed by atoms with Crippen LogP contribution in [0.15, 0.2) is 24.3 Å². The van der Waals surface area contributed by atoms with Crippen molar-refractivity contribution in [1.29, 1.82) is 0 Å². The van der Waals surface area contributed by atoms with Gasteiger partial charge in [0.2, 0.25) is 5.91 Å². The Morgan fingerprint density at radius 2 is 2.31 bits per heavy atom. The van der Waals surface area contributed by atoms with Crippen LogP contribution in [0.3, 0.4) is 0 Å². The Morgan fingerprint density at radius 1 is 1.56 bits per heavy atom. The quantitative estimate of drug-likeness (QED) is 0.689. The first-order valence-corrected chi connectivity index (χ1v) is 5.42. The number of hydrogen-bond acceptors (Lipinski definition) is 3. The first kappa shape index (κ1) is 12.5. The first-order chi connectivity index (χ1) is 7.61. The molecular weight excluding hydrogens is 204 g/mol. The Kier molecular flexibility index (Phi) is 4.79. The molecule has 4 nitrogen and oxygen atoms in total. The van der Waals surface area contributed by atoms with E-state index < -0.39 is 0 Å². The fraction of sp³-hybridized carbons (Fsp3) is 0.417. The van der Waals surface area contributed by atoms with Crippen LogP contribution in [0, 0.1) is 0 Å². The lowest BCUT2D eigenvalue weighted by Gasteiger charge is -2.10. The molecule has 0 aliphatic rings. The SMILES string of the molecule is CCC(N)CNC(=O)Cc1cccc(O)c1. The van der Waals surface area contributed by atoms with Gasteiger partial charge in [-0.05, 0) is 24.1 Å². The van der Waals surface area contributed by atoms with Gasteiger partial charge in [0.15, 0.2) is 0 Å². The third-order valence-electron chi connectivity index (χ3n) is 2.36. The molecule has 0 fully saturated rings. The maximum absolute atomic E-state index is 11.5. The summed E-state index contributed by atoms with van der Waals surface area (Å²) in [4.78, 5) is 11.5. The highest BCUT2D eigenvalue weighted by Crippen LogP contribution is 2.11. The van der Waals surface area contributed by atoms with E-state index in [0.29, 0.717) is 6.54 Å². The average Bonchev–Trinajstić information content (AvgIpc) is 2.26. The minimum Gasteiger partial charge on any atom is -0.508 e. The van der Waals surface area contributed by atoms with E-state index in [1.807, 2.05) is 6.92 Å². The van der Waals surface area contributed by atoms with Crippen LogP contribution in [-0.2, 0) is 11.2 Å². The normalized spacial score (nSPS) is 12.1. The summed E-state index contributed by atoms with van der Waals surface area (Å²) < 4.78 is 0. The molecule has 1 aromatic carbocycles. The summed E-state index contributed by atoms with van der Waals surface area (Å²) in [6.07, 6.45) is 1.11. The van der Waals surface area contributed by atoms with Gasteiger partial charge in [-0.3, -0.25) is 4.79 Å². The van der Waals surface area contributed by atoms with Crippen LogP contribution in [0.5, 0.6) is 5.75 Å². The highest BCUT2D eigenvalue weighted by molar-refractivity contribution is 5.78. The first-order valence-electron chi connectivity index (χ1n) is 5.42. The number of nitrogens with two attached hydrogens (primary N) is 1. The molecule has 1 rings (SSSR count). The third-order valence-corrected chi connectivity index (χ3v) is 2.36. The van der Waals surface area contributed by atoms with Crippen LogP contribution < -0.4 is 11.1 Å². The van der Waals surface area contributed by atoms with Crippen LogP contribution >= 0.6 is 0 Å². The molecule has 0 aliphatic carbocycles. The van der Waals surface area contributed by atoms with Crippen molar-refractivity contribution in [1.82, 2.24) is 5.32 Å². The molecule has 0 spiro atoms. The van der Waals surface area contributed by atoms with Crippen molar-refractivity contribution >= 4 is 5.91 Å². The standard InChI is InChI=1S/C12H18N2O2/c1-2-10(13)8-14-12(16)7-9-4-3-5-11(15)6-9/h3-6,10,15H,2,7-8,13H2,1H3,(H,14,16). The summed E-state index contributed by atoms with van der Waals surface area (Å²) in [5.41, 5.74) is 6.48. The molecule has 1 unspecified atom stereocenters. The number of hydrogen-bond donors (Lipinski definition) is 3. The van der Waals surface area contributed by atoms with Crippen LogP contribution in [0.25, 0.3) is 0 Å². The van der Waals surface area contributed by atoms with Crippen LogP contribution in [0.1, 0.15) is 18.9 Å². The van der Waals surface area contributed by atoms with E-state index in [1.165, 1.54) is 0 Å². The van der Waals surface area contributed by atoms with Gasteiger partial charge in [-0.15, -0.1) is 0 Å². The van der Waals surface area contributed by atoms with Crippen LogP contribution in [0.2, 0.25) is 0 Å². The second-order valence-electron chi connectivity index (χ2n) is 3.82. The summed E-state index contributed by atoms with van der Waals surface area (Å²) in [7, 11) is 0. The molecular formula is C12H18N2O2. The molecule has 0 saturated heterocycles. The Hall–Kier alpha value is -1.55. The second kappa shape index (κ2) is 6.12. The number of phenolic OH excluding ortho intramolecular Hbond substituents is 1. The molecule has 16 heavy (non-hydrogen) atoms. The van der Waals surface area contributed by atoms with Crippen molar-refractivity contribution in [2.24, 2.45) is 5.73 Å². The van der Waals surface area contributed by atoms with Crippen molar-refractivity contribution in [3.63, 3.8) is 0 Å². The molecule has 88 valence electrons. The highest BCUT2D eigenvalue weighted by Gasteiger charge is 2.05. The van der Waals surface area contributed by atoms with E-state index in [4.69, 9.17) is 5.73 Å². The van der Waals surface area contributed by atoms with Crippen LogP contribution in [-0.4, -0.2) is 23.6 Å². The largest absolute Gasteiger partial charge is 0.508 e. The molecule has 0 aliphatic heterocycles. The topological polar surface area (TPSA) is 75.3 Å². The zero-order chi connectivity index (χ0) is 12.0. The predicted molar refractivity (Wildman–Crippen MR) is 63.1 cm³/mol. The fourth-order valence-electron chi connectivity index (χ4n) is 1.30. The van der Waals surface area contributed by atoms with E-state index >= 15 is 0 Å². The summed E-state index contributed by atoms with van der Waals surface area (Å²) in [6, 6.07) is 6.69. The van der Waals surface area contributed by atoms with E-state index in [0.717, 1.165) is 12.0 Å². The predicted octanol–water partition coefficient (Wildman–Crippen LogP) is 0.788. The number of rotatable bonds is 5. The van der Waals surface area contributed by atoms with Gasteiger partial charge in [0, 0.05) is 12.6 Å². The molecule has 0 bridgehead atoms. The number of nitrogens with one attached hydrogen (secondary N) is 1. The van der Waals surface area contributed by atoms with Crippen molar-refractivity contribution < 1.29 is 9.90 Å². The van der Waals surface area contributed by atoms with Crippen molar-refractivity contribution in [2.75, 3.05) is 6.54 Å². The fourth-order valence-corrected chi connectivity index (χ4v) is 1.30. The smallest absolute Gasteiger partial charge is 0.224 e. The Balaban J connectivity index is 2.40. The molecule has 0 heterocycles. The maximum Gasteiger partial charge on any atom is 0.224 e. The van der Waals surface area contributed by atoms with Gasteiger partial charge in [0.1, 0.15) is 5.75 Å². The van der Waals surface area contributed by atoms with Gasteiger partial charge in [0.25, 0.3) is 0 Å². The number of benzene rings is 1. The summed E-state index contributed by atoms with van der Waals surface area (Å²) in [5, 5.41) is 12.0. The summed E-state index contributed by atoms with van der Waals surface area (Å²) >= 11 is 0. The molecule has 1 atom stereocenters. The van der Waals surface area contributed by atoms with E-state index in [1.54, 1.807) is 24.3 Å².